The minimum atomic E-state index is -0.979. The van der Waals surface area contributed by atoms with Crippen LogP contribution < -0.4 is 0 Å². The molecule has 0 saturated heterocycles. The van der Waals surface area contributed by atoms with Crippen LogP contribution >= 0.6 is 0 Å². The van der Waals surface area contributed by atoms with Crippen LogP contribution in [0.3, 0.4) is 0 Å². The Morgan fingerprint density at radius 3 is 1.44 bits per heavy atom. The molecule has 2 unspecified atom stereocenters. The Hall–Kier alpha value is -0.420. The largest absolute Gasteiger partial charge is 0.372 e. The number of allylic oxidation sites excluding steroid dienone is 1. The average molecular weight is 555 g/mol. The molecule has 0 aliphatic carbocycles. The average Bonchev–Trinajstić information content (AvgIpc) is 2.94. The maximum Gasteiger partial charge on any atom is 0.247 e. The van der Waals surface area contributed by atoms with Crippen LogP contribution in [0.25, 0.3) is 0 Å². The molecular weight excluding hydrogens is 484 g/mol. The zero-order valence-electron chi connectivity index (χ0n) is 27.2. The number of unbranched alkanes of at least 4 members (excludes halogenated alkanes) is 20. The molecule has 0 aliphatic heterocycles. The van der Waals surface area contributed by atoms with Gasteiger partial charge in [0.1, 0.15) is 6.10 Å². The summed E-state index contributed by atoms with van der Waals surface area (Å²) in [4.78, 5) is 11.2. The van der Waals surface area contributed by atoms with Gasteiger partial charge in [0.2, 0.25) is 5.79 Å². The Labute approximate surface area is 245 Å². The van der Waals surface area contributed by atoms with Gasteiger partial charge in [-0.25, -0.2) is 4.89 Å². The van der Waals surface area contributed by atoms with Crippen LogP contribution in [0.15, 0.2) is 12.2 Å². The first kappa shape index (κ1) is 38.6. The highest BCUT2D eigenvalue weighted by Crippen LogP contribution is 2.28. The van der Waals surface area contributed by atoms with Gasteiger partial charge < -0.3 is 9.47 Å². The highest BCUT2D eigenvalue weighted by atomic mass is 17.2. The van der Waals surface area contributed by atoms with Crippen molar-refractivity contribution in [1.29, 1.82) is 0 Å². The third-order valence-corrected chi connectivity index (χ3v) is 7.75. The summed E-state index contributed by atoms with van der Waals surface area (Å²) in [5.74, 6) is -0.979. The van der Waals surface area contributed by atoms with Crippen LogP contribution in [-0.4, -0.2) is 32.2 Å². The summed E-state index contributed by atoms with van der Waals surface area (Å²) in [6, 6.07) is 0. The molecule has 0 aromatic heterocycles. The van der Waals surface area contributed by atoms with Crippen LogP contribution in [0.4, 0.5) is 0 Å². The fourth-order valence-electron chi connectivity index (χ4n) is 5.22. The quantitative estimate of drug-likeness (QED) is 0.0272. The van der Waals surface area contributed by atoms with Crippen LogP contribution in [0.2, 0.25) is 0 Å². The van der Waals surface area contributed by atoms with Crippen LogP contribution in [0, 0.1) is 0 Å². The van der Waals surface area contributed by atoms with E-state index in [-0.39, 0.29) is 6.10 Å². The molecule has 39 heavy (non-hydrogen) atoms. The molecule has 0 heterocycles. The monoisotopic (exact) mass is 555 g/mol. The summed E-state index contributed by atoms with van der Waals surface area (Å²) in [7, 11) is 1.58. The Balaban J connectivity index is 4.77. The summed E-state index contributed by atoms with van der Waals surface area (Å²) < 4.78 is 12.9. The minimum Gasteiger partial charge on any atom is -0.372 e. The predicted octanol–water partition coefficient (Wildman–Crippen LogP) is 11.7. The standard InChI is InChI=1S/C35H70O4/c1-6-10-13-16-19-20-21-22-23-24-25-28-31-35(39-36-5,38-33-30-27-18-15-12-8-3)34(9-4)37-32-29-26-17-14-11-7-2/h28,31,34H,6-27,29-30,32-33H2,1-5H3. The number of hydrogen-bond donors (Lipinski definition) is 0. The van der Waals surface area contributed by atoms with E-state index in [9.17, 15) is 0 Å². The van der Waals surface area contributed by atoms with E-state index in [4.69, 9.17) is 19.2 Å². The number of hydrogen-bond acceptors (Lipinski definition) is 4. The van der Waals surface area contributed by atoms with Gasteiger partial charge in [-0.1, -0.05) is 156 Å². The summed E-state index contributed by atoms with van der Waals surface area (Å²) in [6.07, 6.45) is 34.5. The predicted molar refractivity (Wildman–Crippen MR) is 169 cm³/mol. The van der Waals surface area contributed by atoms with E-state index < -0.39 is 5.79 Å². The summed E-state index contributed by atoms with van der Waals surface area (Å²) in [5, 5.41) is 0. The topological polar surface area (TPSA) is 36.9 Å². The molecule has 0 saturated carbocycles. The van der Waals surface area contributed by atoms with Crippen LogP contribution in [-0.2, 0) is 19.2 Å². The Morgan fingerprint density at radius 2 is 0.974 bits per heavy atom. The first-order valence-corrected chi connectivity index (χ1v) is 17.4. The lowest BCUT2D eigenvalue weighted by Gasteiger charge is -2.36. The maximum absolute atomic E-state index is 6.48. The molecule has 2 atom stereocenters. The molecule has 0 amide bonds. The highest BCUT2D eigenvalue weighted by Gasteiger charge is 2.40. The smallest absolute Gasteiger partial charge is 0.247 e. The number of rotatable bonds is 32. The lowest BCUT2D eigenvalue weighted by molar-refractivity contribution is -0.422. The molecule has 0 spiro atoms. The van der Waals surface area contributed by atoms with E-state index in [1.54, 1.807) is 7.11 Å². The third-order valence-electron chi connectivity index (χ3n) is 7.75. The second kappa shape index (κ2) is 30.5. The van der Waals surface area contributed by atoms with Crippen LogP contribution in [0.1, 0.15) is 182 Å². The minimum absolute atomic E-state index is 0.183. The van der Waals surface area contributed by atoms with Gasteiger partial charge in [0, 0.05) is 6.61 Å². The van der Waals surface area contributed by atoms with Crippen molar-refractivity contribution in [2.45, 2.75) is 194 Å². The first-order chi connectivity index (χ1) is 19.2. The van der Waals surface area contributed by atoms with Crippen molar-refractivity contribution in [2.75, 3.05) is 20.3 Å². The van der Waals surface area contributed by atoms with E-state index in [0.29, 0.717) is 6.61 Å². The van der Waals surface area contributed by atoms with Gasteiger partial charge in [0.15, 0.2) is 0 Å². The van der Waals surface area contributed by atoms with E-state index >= 15 is 0 Å². The maximum atomic E-state index is 6.48. The molecular formula is C35H70O4. The zero-order chi connectivity index (χ0) is 28.7. The van der Waals surface area contributed by atoms with Gasteiger partial charge in [-0.05, 0) is 38.2 Å². The zero-order valence-corrected chi connectivity index (χ0v) is 27.2. The van der Waals surface area contributed by atoms with Crippen molar-refractivity contribution in [3.8, 4) is 0 Å². The SMILES string of the molecule is CCCCCCCCCCCCC=CC(OCCCCCCCC)(OOC)C(CC)OCCCCCCCC. The van der Waals surface area contributed by atoms with Crippen LogP contribution in [0.5, 0.6) is 0 Å². The fourth-order valence-corrected chi connectivity index (χ4v) is 5.22. The second-order valence-electron chi connectivity index (χ2n) is 11.5. The molecule has 4 nitrogen and oxygen atoms in total. The van der Waals surface area contributed by atoms with Crippen molar-refractivity contribution in [3.63, 3.8) is 0 Å². The van der Waals surface area contributed by atoms with Crippen molar-refractivity contribution in [3.05, 3.63) is 12.2 Å². The highest BCUT2D eigenvalue weighted by molar-refractivity contribution is 5.01. The van der Waals surface area contributed by atoms with Gasteiger partial charge in [0.05, 0.1) is 13.7 Å². The Bertz CT molecular complexity index is 495. The van der Waals surface area contributed by atoms with Gasteiger partial charge in [0.25, 0.3) is 0 Å². The number of ether oxygens (including phenoxy) is 2. The molecule has 0 radical (unpaired) electrons. The van der Waals surface area contributed by atoms with E-state index in [1.807, 2.05) is 0 Å². The summed E-state index contributed by atoms with van der Waals surface area (Å²) >= 11 is 0. The Morgan fingerprint density at radius 1 is 0.538 bits per heavy atom. The van der Waals surface area contributed by atoms with Crippen molar-refractivity contribution in [1.82, 2.24) is 0 Å². The molecule has 0 N–H and O–H groups in total. The molecule has 0 fully saturated rings. The van der Waals surface area contributed by atoms with Crippen molar-refractivity contribution < 1.29 is 19.2 Å². The second-order valence-corrected chi connectivity index (χ2v) is 11.5. The fraction of sp³-hybridized carbons (Fsp3) is 0.943. The van der Waals surface area contributed by atoms with Crippen molar-refractivity contribution >= 4 is 0 Å². The van der Waals surface area contributed by atoms with E-state index in [2.05, 4.69) is 39.8 Å². The third kappa shape index (κ3) is 22.9. The normalized spacial score (nSPS) is 14.3. The molecule has 0 aromatic carbocycles. The summed E-state index contributed by atoms with van der Waals surface area (Å²) in [6.45, 7) is 10.4. The molecule has 0 bridgehead atoms. The molecule has 0 aromatic rings. The molecule has 0 aliphatic rings. The Kier molecular flexibility index (Phi) is 30.2. The van der Waals surface area contributed by atoms with E-state index in [0.717, 1.165) is 32.3 Å². The van der Waals surface area contributed by atoms with Crippen molar-refractivity contribution in [2.24, 2.45) is 0 Å². The van der Waals surface area contributed by atoms with Gasteiger partial charge in [-0.2, -0.15) is 4.89 Å². The molecule has 0 rings (SSSR count). The lowest BCUT2D eigenvalue weighted by Crippen LogP contribution is -2.47. The lowest BCUT2D eigenvalue weighted by atomic mass is 10.0. The molecule has 234 valence electrons. The first-order valence-electron chi connectivity index (χ1n) is 17.4. The summed E-state index contributed by atoms with van der Waals surface area (Å²) in [5.41, 5.74) is 0. The van der Waals surface area contributed by atoms with Gasteiger partial charge in [-0.15, -0.1) is 0 Å². The van der Waals surface area contributed by atoms with Gasteiger partial charge >= 0.3 is 0 Å². The van der Waals surface area contributed by atoms with Gasteiger partial charge in [-0.3, -0.25) is 0 Å². The molecule has 4 heteroatoms. The van der Waals surface area contributed by atoms with E-state index in [1.165, 1.54) is 128 Å².